The fourth-order valence-electron chi connectivity index (χ4n) is 2.40. The Bertz CT molecular complexity index is 837. The summed E-state index contributed by atoms with van der Waals surface area (Å²) >= 11 is 13.9. The van der Waals surface area contributed by atoms with Gasteiger partial charge in [-0.3, -0.25) is 0 Å². The lowest BCUT2D eigenvalue weighted by Crippen LogP contribution is -2.06. The van der Waals surface area contributed by atoms with Crippen LogP contribution in [0, 0.1) is 8.34 Å². The third-order valence-corrected chi connectivity index (χ3v) is 4.60. The highest BCUT2D eigenvalue weighted by molar-refractivity contribution is 14.1. The molecule has 2 aromatic carbocycles. The average Bonchev–Trinajstić information content (AvgIpc) is 2.73. The van der Waals surface area contributed by atoms with Gasteiger partial charge in [0.2, 0.25) is 0 Å². The summed E-state index contributed by atoms with van der Waals surface area (Å²) in [6.07, 6.45) is 0. The molecule has 0 amide bonds. The molecule has 0 saturated carbocycles. The van der Waals surface area contributed by atoms with Crippen LogP contribution in [-0.2, 0) is 0 Å². The third kappa shape index (κ3) is 2.52. The Morgan fingerprint density at radius 1 is 1.25 bits per heavy atom. The molecular weight excluding hydrogens is 403 g/mol. The van der Waals surface area contributed by atoms with Gasteiger partial charge in [0, 0.05) is 8.59 Å². The predicted molar refractivity (Wildman–Crippen MR) is 95.1 cm³/mol. The van der Waals surface area contributed by atoms with Crippen molar-refractivity contribution < 1.29 is 0 Å². The zero-order valence-electron chi connectivity index (χ0n) is 10.7. The number of fused-ring (bicyclic) bond motifs is 1. The highest BCUT2D eigenvalue weighted by Gasteiger charge is 2.13. The van der Waals surface area contributed by atoms with Crippen molar-refractivity contribution in [1.82, 2.24) is 9.55 Å². The molecule has 1 aromatic heterocycles. The molecule has 1 unspecified atom stereocenters. The molecule has 0 spiro atoms. The van der Waals surface area contributed by atoms with Crippen LogP contribution < -0.4 is 0 Å². The number of hydrogen-bond acceptors (Lipinski definition) is 1. The summed E-state index contributed by atoms with van der Waals surface area (Å²) in [5.41, 5.74) is 3.33. The predicted octanol–water partition coefficient (Wildman–Crippen LogP) is 5.57. The van der Waals surface area contributed by atoms with E-state index in [1.54, 1.807) is 0 Å². The molecule has 0 fully saturated rings. The van der Waals surface area contributed by atoms with Crippen LogP contribution in [0.15, 0.2) is 42.5 Å². The first-order valence-electron chi connectivity index (χ1n) is 6.21. The largest absolute Gasteiger partial charge is 0.331 e. The first-order valence-corrected chi connectivity index (χ1v) is 8.08. The van der Waals surface area contributed by atoms with Crippen LogP contribution >= 0.6 is 46.4 Å². The Balaban J connectivity index is 2.19. The summed E-state index contributed by atoms with van der Waals surface area (Å²) in [5.74, 6) is 0. The van der Waals surface area contributed by atoms with E-state index in [2.05, 4.69) is 63.3 Å². The Kier molecular flexibility index (Phi) is 3.88. The van der Waals surface area contributed by atoms with E-state index in [0.29, 0.717) is 0 Å². The molecular formula is C15H12ClIN2S. The number of halogens is 2. The molecule has 0 aliphatic heterocycles. The fraction of sp³-hybridized carbons (Fsp3) is 0.133. The van der Waals surface area contributed by atoms with Crippen molar-refractivity contribution in [2.45, 2.75) is 13.0 Å². The van der Waals surface area contributed by atoms with Crippen molar-refractivity contribution >= 4 is 57.4 Å². The van der Waals surface area contributed by atoms with Crippen molar-refractivity contribution in [3.63, 3.8) is 0 Å². The van der Waals surface area contributed by atoms with Crippen LogP contribution in [0.25, 0.3) is 11.0 Å². The number of imidazole rings is 1. The van der Waals surface area contributed by atoms with Gasteiger partial charge in [0.05, 0.1) is 17.1 Å². The van der Waals surface area contributed by atoms with Gasteiger partial charge in [-0.25, -0.2) is 0 Å². The van der Waals surface area contributed by atoms with E-state index in [0.717, 1.165) is 26.4 Å². The zero-order valence-corrected chi connectivity index (χ0v) is 14.5. The van der Waals surface area contributed by atoms with E-state index in [1.807, 2.05) is 18.2 Å². The van der Waals surface area contributed by atoms with E-state index in [1.165, 1.54) is 3.57 Å². The van der Waals surface area contributed by atoms with Crippen LogP contribution in [-0.4, -0.2) is 9.55 Å². The SMILES string of the molecule is CC(c1cccc(Cl)c1)n1c(=S)[nH]c2cc(I)ccc21. The van der Waals surface area contributed by atoms with Gasteiger partial charge in [0.25, 0.3) is 0 Å². The summed E-state index contributed by atoms with van der Waals surface area (Å²) in [4.78, 5) is 3.27. The van der Waals surface area contributed by atoms with Gasteiger partial charge in [0.15, 0.2) is 4.77 Å². The highest BCUT2D eigenvalue weighted by atomic mass is 127. The maximum absolute atomic E-state index is 6.09. The molecule has 0 saturated heterocycles. The number of benzene rings is 2. The first-order chi connectivity index (χ1) is 9.56. The molecule has 20 heavy (non-hydrogen) atoms. The van der Waals surface area contributed by atoms with Crippen molar-refractivity contribution in [1.29, 1.82) is 0 Å². The van der Waals surface area contributed by atoms with Gasteiger partial charge >= 0.3 is 0 Å². The van der Waals surface area contributed by atoms with Crippen molar-refractivity contribution in [2.24, 2.45) is 0 Å². The van der Waals surface area contributed by atoms with E-state index < -0.39 is 0 Å². The lowest BCUT2D eigenvalue weighted by molar-refractivity contribution is 0.649. The van der Waals surface area contributed by atoms with Gasteiger partial charge in [-0.15, -0.1) is 0 Å². The minimum Gasteiger partial charge on any atom is -0.331 e. The summed E-state index contributed by atoms with van der Waals surface area (Å²) in [7, 11) is 0. The second-order valence-corrected chi connectivity index (χ2v) is 6.76. The molecule has 3 rings (SSSR count). The van der Waals surface area contributed by atoms with E-state index in [4.69, 9.17) is 23.8 Å². The summed E-state index contributed by atoms with van der Waals surface area (Å²) in [6.45, 7) is 2.13. The highest BCUT2D eigenvalue weighted by Crippen LogP contribution is 2.26. The second kappa shape index (κ2) is 5.50. The van der Waals surface area contributed by atoms with Crippen LogP contribution in [0.3, 0.4) is 0 Å². The molecule has 5 heteroatoms. The smallest absolute Gasteiger partial charge is 0.178 e. The normalized spacial score (nSPS) is 12.8. The van der Waals surface area contributed by atoms with E-state index in [9.17, 15) is 0 Å². The first kappa shape index (κ1) is 14.1. The van der Waals surface area contributed by atoms with Crippen LogP contribution in [0.5, 0.6) is 0 Å². The zero-order chi connectivity index (χ0) is 14.3. The van der Waals surface area contributed by atoms with Gasteiger partial charge in [-0.2, -0.15) is 0 Å². The molecule has 0 bridgehead atoms. The van der Waals surface area contributed by atoms with Gasteiger partial charge in [-0.1, -0.05) is 23.7 Å². The molecule has 0 radical (unpaired) electrons. The summed E-state index contributed by atoms with van der Waals surface area (Å²) in [5, 5.41) is 0.746. The molecule has 1 atom stereocenters. The molecule has 2 nitrogen and oxygen atoms in total. The molecule has 0 aliphatic carbocycles. The van der Waals surface area contributed by atoms with Crippen LogP contribution in [0.1, 0.15) is 18.5 Å². The fourth-order valence-corrected chi connectivity index (χ4v) is 3.46. The molecule has 3 aromatic rings. The Morgan fingerprint density at radius 3 is 2.80 bits per heavy atom. The molecule has 1 N–H and O–H groups in total. The van der Waals surface area contributed by atoms with Crippen LogP contribution in [0.4, 0.5) is 0 Å². The third-order valence-electron chi connectivity index (χ3n) is 3.40. The van der Waals surface area contributed by atoms with E-state index in [-0.39, 0.29) is 6.04 Å². The van der Waals surface area contributed by atoms with E-state index >= 15 is 0 Å². The monoisotopic (exact) mass is 414 g/mol. The van der Waals surface area contributed by atoms with Crippen molar-refractivity contribution in [2.75, 3.05) is 0 Å². The Labute approximate surface area is 140 Å². The molecule has 102 valence electrons. The lowest BCUT2D eigenvalue weighted by Gasteiger charge is -2.15. The number of hydrogen-bond donors (Lipinski definition) is 1. The number of aromatic amines is 1. The molecule has 0 aliphatic rings. The number of nitrogens with one attached hydrogen (secondary N) is 1. The van der Waals surface area contributed by atoms with Gasteiger partial charge < -0.3 is 9.55 Å². The van der Waals surface area contributed by atoms with Crippen molar-refractivity contribution in [3.05, 3.63) is 61.4 Å². The van der Waals surface area contributed by atoms with Crippen molar-refractivity contribution in [3.8, 4) is 0 Å². The average molecular weight is 415 g/mol. The number of rotatable bonds is 2. The summed E-state index contributed by atoms with van der Waals surface area (Å²) in [6, 6.07) is 14.3. The second-order valence-electron chi connectivity index (χ2n) is 4.69. The number of H-pyrrole nitrogens is 1. The topological polar surface area (TPSA) is 20.7 Å². The maximum Gasteiger partial charge on any atom is 0.178 e. The Hall–Kier alpha value is -0.850. The van der Waals surface area contributed by atoms with Gasteiger partial charge in [-0.05, 0) is 77.6 Å². The quantitative estimate of drug-likeness (QED) is 0.430. The Morgan fingerprint density at radius 2 is 2.05 bits per heavy atom. The standard InChI is InChI=1S/C15H12ClIN2S/c1-9(10-3-2-4-11(16)7-10)19-14-6-5-12(17)8-13(14)18-15(19)20/h2-9H,1H3,(H,18,20). The minimum absolute atomic E-state index is 0.134. The number of nitrogens with zero attached hydrogens (tertiary/aromatic N) is 1. The lowest BCUT2D eigenvalue weighted by atomic mass is 10.1. The number of aromatic nitrogens is 2. The molecule has 1 heterocycles. The van der Waals surface area contributed by atoms with Crippen LogP contribution in [0.2, 0.25) is 5.02 Å². The summed E-state index contributed by atoms with van der Waals surface area (Å²) < 4.78 is 4.05. The minimum atomic E-state index is 0.134. The maximum atomic E-state index is 6.09. The van der Waals surface area contributed by atoms with Gasteiger partial charge in [0.1, 0.15) is 0 Å².